The second-order valence-corrected chi connectivity index (χ2v) is 18.9. The van der Waals surface area contributed by atoms with Gasteiger partial charge >= 0.3 is 17.9 Å². The molecular weight excluding hydrogens is 757 g/mol. The van der Waals surface area contributed by atoms with Gasteiger partial charge in [-0.1, -0.05) is 278 Å². The first-order valence-corrected chi connectivity index (χ1v) is 27.5. The molecular formula is C55H106O6. The van der Waals surface area contributed by atoms with Gasteiger partial charge in [-0.3, -0.25) is 14.4 Å². The molecule has 0 bridgehead atoms. The molecule has 0 heterocycles. The zero-order valence-electron chi connectivity index (χ0n) is 41.5. The van der Waals surface area contributed by atoms with E-state index in [1.807, 2.05) is 0 Å². The van der Waals surface area contributed by atoms with Gasteiger partial charge in [-0.2, -0.15) is 0 Å². The topological polar surface area (TPSA) is 78.9 Å². The van der Waals surface area contributed by atoms with Gasteiger partial charge in [0.15, 0.2) is 6.10 Å². The van der Waals surface area contributed by atoms with Crippen molar-refractivity contribution in [2.24, 2.45) is 0 Å². The van der Waals surface area contributed by atoms with E-state index in [2.05, 4.69) is 20.8 Å². The summed E-state index contributed by atoms with van der Waals surface area (Å²) in [6, 6.07) is 0. The molecule has 0 N–H and O–H groups in total. The van der Waals surface area contributed by atoms with E-state index in [1.165, 1.54) is 218 Å². The Morgan fingerprint density at radius 3 is 0.656 bits per heavy atom. The van der Waals surface area contributed by atoms with Gasteiger partial charge in [0.2, 0.25) is 0 Å². The van der Waals surface area contributed by atoms with E-state index in [1.54, 1.807) is 0 Å². The highest BCUT2D eigenvalue weighted by Crippen LogP contribution is 2.17. The van der Waals surface area contributed by atoms with Crippen molar-refractivity contribution in [2.75, 3.05) is 13.2 Å². The Labute approximate surface area is 380 Å². The average Bonchev–Trinajstić information content (AvgIpc) is 3.26. The summed E-state index contributed by atoms with van der Waals surface area (Å²) in [6.07, 6.45) is 55.4. The van der Waals surface area contributed by atoms with Gasteiger partial charge < -0.3 is 14.2 Å². The molecule has 0 amide bonds. The Balaban J connectivity index is 4.09. The SMILES string of the molecule is CCCCCCCCCCCCCCCCCCCCCCCCCC(=O)OCC(COC(=O)CCCCCCCCCC)OC(=O)CCCCCCCCCCCCCC. The Hall–Kier alpha value is -1.59. The van der Waals surface area contributed by atoms with Crippen LogP contribution in [0.5, 0.6) is 0 Å². The van der Waals surface area contributed by atoms with Gasteiger partial charge in [-0.05, 0) is 19.3 Å². The summed E-state index contributed by atoms with van der Waals surface area (Å²) in [5, 5.41) is 0. The third kappa shape index (κ3) is 49.3. The van der Waals surface area contributed by atoms with Crippen LogP contribution in [-0.4, -0.2) is 37.2 Å². The van der Waals surface area contributed by atoms with Crippen LogP contribution in [0.2, 0.25) is 0 Å². The number of hydrogen-bond donors (Lipinski definition) is 0. The first-order chi connectivity index (χ1) is 30.0. The summed E-state index contributed by atoms with van der Waals surface area (Å²) < 4.78 is 16.8. The molecule has 0 fully saturated rings. The fraction of sp³-hybridized carbons (Fsp3) is 0.945. The maximum absolute atomic E-state index is 12.7. The predicted molar refractivity (Wildman–Crippen MR) is 261 cm³/mol. The number of esters is 3. The van der Waals surface area contributed by atoms with Crippen LogP contribution in [0, 0.1) is 0 Å². The van der Waals surface area contributed by atoms with Crippen LogP contribution >= 0.6 is 0 Å². The Morgan fingerprint density at radius 1 is 0.262 bits per heavy atom. The van der Waals surface area contributed by atoms with Crippen molar-refractivity contribution >= 4 is 17.9 Å². The maximum atomic E-state index is 12.7. The summed E-state index contributed by atoms with van der Waals surface area (Å²) in [5.74, 6) is -0.845. The number of carbonyl (C=O) groups is 3. The maximum Gasteiger partial charge on any atom is 0.306 e. The highest BCUT2D eigenvalue weighted by atomic mass is 16.6. The van der Waals surface area contributed by atoms with E-state index < -0.39 is 6.10 Å². The summed E-state index contributed by atoms with van der Waals surface area (Å²) >= 11 is 0. The zero-order valence-corrected chi connectivity index (χ0v) is 41.5. The minimum absolute atomic E-state index is 0.0621. The largest absolute Gasteiger partial charge is 0.462 e. The predicted octanol–water partition coefficient (Wildman–Crippen LogP) is 18.0. The molecule has 0 aromatic heterocycles. The number of rotatable bonds is 51. The first kappa shape index (κ1) is 59.4. The summed E-state index contributed by atoms with van der Waals surface area (Å²) in [7, 11) is 0. The van der Waals surface area contributed by atoms with Gasteiger partial charge in [0.25, 0.3) is 0 Å². The molecule has 0 aliphatic rings. The highest BCUT2D eigenvalue weighted by molar-refractivity contribution is 5.71. The summed E-state index contributed by atoms with van der Waals surface area (Å²) in [5.41, 5.74) is 0. The Bertz CT molecular complexity index is 905. The molecule has 0 aromatic rings. The molecule has 6 heteroatoms. The fourth-order valence-corrected chi connectivity index (χ4v) is 8.45. The molecule has 0 rings (SSSR count). The van der Waals surface area contributed by atoms with Crippen LogP contribution in [0.15, 0.2) is 0 Å². The second kappa shape index (κ2) is 51.0. The third-order valence-corrected chi connectivity index (χ3v) is 12.6. The molecule has 0 saturated heterocycles. The Kier molecular flexibility index (Phi) is 49.7. The number of hydrogen-bond acceptors (Lipinski definition) is 6. The number of unbranched alkanes of at least 4 members (excludes halogenated alkanes) is 40. The molecule has 6 nitrogen and oxygen atoms in total. The minimum Gasteiger partial charge on any atom is -0.462 e. The average molecular weight is 863 g/mol. The van der Waals surface area contributed by atoms with Gasteiger partial charge in [-0.15, -0.1) is 0 Å². The number of carbonyl (C=O) groups excluding carboxylic acids is 3. The third-order valence-electron chi connectivity index (χ3n) is 12.6. The van der Waals surface area contributed by atoms with E-state index in [-0.39, 0.29) is 31.1 Å². The molecule has 362 valence electrons. The van der Waals surface area contributed by atoms with E-state index in [9.17, 15) is 14.4 Å². The monoisotopic (exact) mass is 863 g/mol. The van der Waals surface area contributed by atoms with Crippen molar-refractivity contribution in [2.45, 2.75) is 322 Å². The smallest absolute Gasteiger partial charge is 0.306 e. The molecule has 0 aliphatic heterocycles. The van der Waals surface area contributed by atoms with Gasteiger partial charge in [0.1, 0.15) is 13.2 Å². The first-order valence-electron chi connectivity index (χ1n) is 27.5. The molecule has 1 unspecified atom stereocenters. The highest BCUT2D eigenvalue weighted by Gasteiger charge is 2.19. The van der Waals surface area contributed by atoms with Crippen LogP contribution in [0.3, 0.4) is 0 Å². The zero-order chi connectivity index (χ0) is 44.4. The van der Waals surface area contributed by atoms with Crippen molar-refractivity contribution in [3.05, 3.63) is 0 Å². The van der Waals surface area contributed by atoms with Crippen molar-refractivity contribution in [3.63, 3.8) is 0 Å². The molecule has 0 aliphatic carbocycles. The molecule has 0 spiro atoms. The normalized spacial score (nSPS) is 11.9. The quantitative estimate of drug-likeness (QED) is 0.0344. The van der Waals surface area contributed by atoms with E-state index in [4.69, 9.17) is 14.2 Å². The van der Waals surface area contributed by atoms with Crippen molar-refractivity contribution in [1.29, 1.82) is 0 Å². The summed E-state index contributed by atoms with van der Waals surface area (Å²) in [6.45, 7) is 6.66. The standard InChI is InChI=1S/C55H106O6/c1-4-7-10-13-16-19-21-23-24-25-26-27-28-29-30-31-32-33-35-36-39-42-45-48-54(57)60-51-52(50-59-53(56)47-44-41-38-18-15-12-9-6-3)61-55(58)49-46-43-40-37-34-22-20-17-14-11-8-5-2/h52H,4-51H2,1-3H3. The lowest BCUT2D eigenvalue weighted by Crippen LogP contribution is -2.30. The Morgan fingerprint density at radius 2 is 0.443 bits per heavy atom. The van der Waals surface area contributed by atoms with Crippen molar-refractivity contribution < 1.29 is 28.6 Å². The van der Waals surface area contributed by atoms with E-state index >= 15 is 0 Å². The lowest BCUT2D eigenvalue weighted by Gasteiger charge is -2.18. The van der Waals surface area contributed by atoms with Gasteiger partial charge in [0.05, 0.1) is 0 Å². The van der Waals surface area contributed by atoms with Crippen LogP contribution in [0.1, 0.15) is 316 Å². The minimum atomic E-state index is -0.759. The van der Waals surface area contributed by atoms with Gasteiger partial charge in [0, 0.05) is 19.3 Å². The van der Waals surface area contributed by atoms with Crippen LogP contribution < -0.4 is 0 Å². The van der Waals surface area contributed by atoms with E-state index in [0.29, 0.717) is 19.3 Å². The molecule has 0 saturated carbocycles. The molecule has 0 radical (unpaired) electrons. The van der Waals surface area contributed by atoms with Crippen LogP contribution in [0.25, 0.3) is 0 Å². The second-order valence-electron chi connectivity index (χ2n) is 18.9. The van der Waals surface area contributed by atoms with E-state index in [0.717, 1.165) is 57.8 Å². The van der Waals surface area contributed by atoms with Gasteiger partial charge in [-0.25, -0.2) is 0 Å². The molecule has 1 atom stereocenters. The van der Waals surface area contributed by atoms with Crippen LogP contribution in [-0.2, 0) is 28.6 Å². The lowest BCUT2D eigenvalue weighted by molar-refractivity contribution is -0.167. The number of ether oxygens (including phenoxy) is 3. The molecule has 0 aromatic carbocycles. The fourth-order valence-electron chi connectivity index (χ4n) is 8.45. The lowest BCUT2D eigenvalue weighted by atomic mass is 10.0. The summed E-state index contributed by atoms with van der Waals surface area (Å²) in [4.78, 5) is 37.8. The van der Waals surface area contributed by atoms with Crippen molar-refractivity contribution in [3.8, 4) is 0 Å². The van der Waals surface area contributed by atoms with Crippen molar-refractivity contribution in [1.82, 2.24) is 0 Å². The van der Waals surface area contributed by atoms with Crippen LogP contribution in [0.4, 0.5) is 0 Å². The molecule has 61 heavy (non-hydrogen) atoms.